The van der Waals surface area contributed by atoms with Crippen LogP contribution < -0.4 is 0 Å². The van der Waals surface area contributed by atoms with E-state index in [0.29, 0.717) is 5.37 Å². The van der Waals surface area contributed by atoms with Gasteiger partial charge in [-0.1, -0.05) is 18.2 Å². The largest absolute Gasteiger partial charge is 0.331 e. The smallest absolute Gasteiger partial charge is 0.220 e. The van der Waals surface area contributed by atoms with Gasteiger partial charge in [0, 0.05) is 18.4 Å². The number of amides is 1. The highest BCUT2D eigenvalue weighted by molar-refractivity contribution is 7.99. The minimum Gasteiger partial charge on any atom is -0.331 e. The third kappa shape index (κ3) is 2.53. The number of rotatable bonds is 2. The first-order chi connectivity index (χ1) is 7.27. The molecule has 0 aromatic heterocycles. The summed E-state index contributed by atoms with van der Waals surface area (Å²) in [4.78, 5) is 14.6. The molecular formula is C12H15NOS. The molecule has 0 aliphatic carbocycles. The van der Waals surface area contributed by atoms with Gasteiger partial charge in [0.05, 0.1) is 5.37 Å². The predicted octanol–water partition coefficient (Wildman–Crippen LogP) is 2.75. The summed E-state index contributed by atoms with van der Waals surface area (Å²) in [5, 5.41) is 0.338. The van der Waals surface area contributed by atoms with Gasteiger partial charge in [-0.3, -0.25) is 4.79 Å². The van der Waals surface area contributed by atoms with Crippen LogP contribution in [0.1, 0.15) is 19.8 Å². The number of thioether (sulfide) groups is 1. The molecule has 2 rings (SSSR count). The second-order valence-corrected chi connectivity index (χ2v) is 4.99. The maximum atomic E-state index is 11.4. The molecule has 0 bridgehead atoms. The summed E-state index contributed by atoms with van der Waals surface area (Å²) in [6, 6.07) is 10.3. The number of hydrogen-bond acceptors (Lipinski definition) is 2. The fraction of sp³-hybridized carbons (Fsp3) is 0.417. The second kappa shape index (κ2) is 4.71. The standard InChI is InChI=1S/C12H15NOS/c1-10(14)13-9-5-8-12(13)15-11-6-3-2-4-7-11/h2-4,6-7,12H,5,8-9H2,1H3. The summed E-state index contributed by atoms with van der Waals surface area (Å²) < 4.78 is 0. The van der Waals surface area contributed by atoms with Crippen molar-refractivity contribution in [3.8, 4) is 0 Å². The van der Waals surface area contributed by atoms with Crippen LogP contribution in [0.15, 0.2) is 35.2 Å². The molecular weight excluding hydrogens is 206 g/mol. The van der Waals surface area contributed by atoms with Gasteiger partial charge in [-0.2, -0.15) is 0 Å². The first kappa shape index (κ1) is 10.6. The number of benzene rings is 1. The van der Waals surface area contributed by atoms with Gasteiger partial charge < -0.3 is 4.90 Å². The van der Waals surface area contributed by atoms with Crippen LogP contribution in [0, 0.1) is 0 Å². The van der Waals surface area contributed by atoms with Crippen LogP contribution >= 0.6 is 11.8 Å². The summed E-state index contributed by atoms with van der Waals surface area (Å²) >= 11 is 1.79. The first-order valence-corrected chi connectivity index (χ1v) is 6.14. The summed E-state index contributed by atoms with van der Waals surface area (Å²) in [5.41, 5.74) is 0. The van der Waals surface area contributed by atoms with Gasteiger partial charge in [0.2, 0.25) is 5.91 Å². The maximum Gasteiger partial charge on any atom is 0.220 e. The van der Waals surface area contributed by atoms with Gasteiger partial charge in [-0.25, -0.2) is 0 Å². The average Bonchev–Trinajstić information content (AvgIpc) is 2.67. The lowest BCUT2D eigenvalue weighted by Gasteiger charge is -2.22. The Bertz CT molecular complexity index is 339. The third-order valence-corrected chi connectivity index (χ3v) is 3.92. The van der Waals surface area contributed by atoms with Crippen LogP contribution in [0.25, 0.3) is 0 Å². The predicted molar refractivity (Wildman–Crippen MR) is 62.7 cm³/mol. The Morgan fingerprint density at radius 3 is 2.80 bits per heavy atom. The van der Waals surface area contributed by atoms with Crippen molar-refractivity contribution in [2.24, 2.45) is 0 Å². The topological polar surface area (TPSA) is 20.3 Å². The summed E-state index contributed by atoms with van der Waals surface area (Å²) in [6.45, 7) is 2.57. The highest BCUT2D eigenvalue weighted by atomic mass is 32.2. The minimum atomic E-state index is 0.195. The molecule has 0 radical (unpaired) electrons. The van der Waals surface area contributed by atoms with E-state index in [4.69, 9.17) is 0 Å². The molecule has 15 heavy (non-hydrogen) atoms. The van der Waals surface area contributed by atoms with E-state index in [9.17, 15) is 4.79 Å². The minimum absolute atomic E-state index is 0.195. The molecule has 1 aliphatic rings. The van der Waals surface area contributed by atoms with Crippen molar-refractivity contribution in [3.63, 3.8) is 0 Å². The van der Waals surface area contributed by atoms with Crippen molar-refractivity contribution < 1.29 is 4.79 Å². The van der Waals surface area contributed by atoms with E-state index in [1.807, 2.05) is 23.1 Å². The third-order valence-electron chi connectivity index (χ3n) is 2.62. The first-order valence-electron chi connectivity index (χ1n) is 5.26. The maximum absolute atomic E-state index is 11.4. The summed E-state index contributed by atoms with van der Waals surface area (Å²) in [7, 11) is 0. The Morgan fingerprint density at radius 1 is 1.40 bits per heavy atom. The molecule has 1 atom stereocenters. The Balaban J connectivity index is 2.03. The normalized spacial score (nSPS) is 20.6. The van der Waals surface area contributed by atoms with Crippen molar-refractivity contribution in [2.45, 2.75) is 30.0 Å². The summed E-state index contributed by atoms with van der Waals surface area (Å²) in [6.07, 6.45) is 2.24. The van der Waals surface area contributed by atoms with Crippen molar-refractivity contribution in [1.29, 1.82) is 0 Å². The zero-order chi connectivity index (χ0) is 10.7. The van der Waals surface area contributed by atoms with E-state index in [1.54, 1.807) is 18.7 Å². The molecule has 1 aromatic carbocycles. The van der Waals surface area contributed by atoms with Gasteiger partial charge in [-0.15, -0.1) is 11.8 Å². The molecule has 1 aliphatic heterocycles. The average molecular weight is 221 g/mol. The van der Waals surface area contributed by atoms with Crippen LogP contribution in [-0.2, 0) is 4.79 Å². The van der Waals surface area contributed by atoms with E-state index >= 15 is 0 Å². The molecule has 1 unspecified atom stereocenters. The van der Waals surface area contributed by atoms with Crippen LogP contribution in [0.2, 0.25) is 0 Å². The van der Waals surface area contributed by atoms with Gasteiger partial charge in [0.1, 0.15) is 0 Å². The number of hydrogen-bond donors (Lipinski definition) is 0. The molecule has 1 amide bonds. The molecule has 0 N–H and O–H groups in total. The zero-order valence-electron chi connectivity index (χ0n) is 8.85. The Labute approximate surface area is 94.7 Å². The molecule has 0 saturated carbocycles. The number of carbonyl (C=O) groups is 1. The SMILES string of the molecule is CC(=O)N1CCCC1Sc1ccccc1. The van der Waals surface area contributed by atoms with Gasteiger partial charge in [-0.05, 0) is 25.0 Å². The molecule has 1 fully saturated rings. The fourth-order valence-corrected chi connectivity index (χ4v) is 3.17. The Kier molecular flexibility index (Phi) is 3.31. The lowest BCUT2D eigenvalue weighted by molar-refractivity contribution is -0.128. The van der Waals surface area contributed by atoms with Crippen LogP contribution in [0.3, 0.4) is 0 Å². The van der Waals surface area contributed by atoms with E-state index in [-0.39, 0.29) is 5.91 Å². The molecule has 1 aromatic rings. The molecule has 2 nitrogen and oxygen atoms in total. The molecule has 80 valence electrons. The lowest BCUT2D eigenvalue weighted by Crippen LogP contribution is -2.31. The molecule has 3 heteroatoms. The number of likely N-dealkylation sites (tertiary alicyclic amines) is 1. The lowest BCUT2D eigenvalue weighted by atomic mass is 10.4. The van der Waals surface area contributed by atoms with Crippen LogP contribution in [0.5, 0.6) is 0 Å². The van der Waals surface area contributed by atoms with E-state index in [1.165, 1.54) is 4.90 Å². The van der Waals surface area contributed by atoms with E-state index in [2.05, 4.69) is 12.1 Å². The highest BCUT2D eigenvalue weighted by Gasteiger charge is 2.26. The highest BCUT2D eigenvalue weighted by Crippen LogP contribution is 2.32. The second-order valence-electron chi connectivity index (χ2n) is 3.74. The Morgan fingerprint density at radius 2 is 2.13 bits per heavy atom. The Hall–Kier alpha value is -0.960. The van der Waals surface area contributed by atoms with E-state index < -0.39 is 0 Å². The molecule has 1 heterocycles. The van der Waals surface area contributed by atoms with E-state index in [0.717, 1.165) is 19.4 Å². The number of nitrogens with zero attached hydrogens (tertiary/aromatic N) is 1. The fourth-order valence-electron chi connectivity index (χ4n) is 1.87. The van der Waals surface area contributed by atoms with Crippen molar-refractivity contribution in [1.82, 2.24) is 4.90 Å². The zero-order valence-corrected chi connectivity index (χ0v) is 9.67. The number of carbonyl (C=O) groups excluding carboxylic acids is 1. The van der Waals surface area contributed by atoms with Crippen LogP contribution in [0.4, 0.5) is 0 Å². The molecule has 0 spiro atoms. The van der Waals surface area contributed by atoms with Gasteiger partial charge in [0.25, 0.3) is 0 Å². The van der Waals surface area contributed by atoms with Crippen molar-refractivity contribution >= 4 is 17.7 Å². The van der Waals surface area contributed by atoms with Gasteiger partial charge >= 0.3 is 0 Å². The summed E-state index contributed by atoms with van der Waals surface area (Å²) in [5.74, 6) is 0.195. The quantitative estimate of drug-likeness (QED) is 0.765. The van der Waals surface area contributed by atoms with Crippen molar-refractivity contribution in [3.05, 3.63) is 30.3 Å². The van der Waals surface area contributed by atoms with Gasteiger partial charge in [0.15, 0.2) is 0 Å². The monoisotopic (exact) mass is 221 g/mol. The van der Waals surface area contributed by atoms with Crippen LogP contribution in [-0.4, -0.2) is 22.7 Å². The molecule has 1 saturated heterocycles. The van der Waals surface area contributed by atoms with Crippen molar-refractivity contribution in [2.75, 3.05) is 6.54 Å².